The Balaban J connectivity index is 2.36. The fourth-order valence-electron chi connectivity index (χ4n) is 1.87. The number of hydrogen-bond donors (Lipinski definition) is 1. The van der Waals surface area contributed by atoms with Crippen molar-refractivity contribution >= 4 is 0 Å². The van der Waals surface area contributed by atoms with E-state index in [-0.39, 0.29) is 0 Å². The van der Waals surface area contributed by atoms with Crippen LogP contribution in [0, 0.1) is 5.92 Å². The van der Waals surface area contributed by atoms with Gasteiger partial charge in [0.2, 0.25) is 0 Å². The number of ether oxygens (including phenoxy) is 1. The molecule has 0 fully saturated rings. The summed E-state index contributed by atoms with van der Waals surface area (Å²) in [6.45, 7) is 7.18. The van der Waals surface area contributed by atoms with Gasteiger partial charge in [0.1, 0.15) is 0 Å². The van der Waals surface area contributed by atoms with Gasteiger partial charge in [-0.05, 0) is 23.5 Å². The summed E-state index contributed by atoms with van der Waals surface area (Å²) in [5, 5.41) is 3.48. The van der Waals surface area contributed by atoms with Gasteiger partial charge < -0.3 is 10.1 Å². The van der Waals surface area contributed by atoms with E-state index in [1.807, 2.05) is 0 Å². The molecule has 1 N–H and O–H groups in total. The molecule has 1 aromatic rings. The Morgan fingerprint density at radius 3 is 2.56 bits per heavy atom. The summed E-state index contributed by atoms with van der Waals surface area (Å²) < 4.78 is 5.11. The first-order valence-electron chi connectivity index (χ1n) is 6.04. The Bertz CT molecular complexity index is 299. The predicted molar refractivity (Wildman–Crippen MR) is 68.6 cm³/mol. The van der Waals surface area contributed by atoms with Crippen LogP contribution in [0.25, 0.3) is 0 Å². The summed E-state index contributed by atoms with van der Waals surface area (Å²) >= 11 is 0. The van der Waals surface area contributed by atoms with Gasteiger partial charge in [0, 0.05) is 26.8 Å². The van der Waals surface area contributed by atoms with Crippen LogP contribution in [0.4, 0.5) is 0 Å². The van der Waals surface area contributed by atoms with E-state index < -0.39 is 0 Å². The van der Waals surface area contributed by atoms with E-state index in [9.17, 15) is 0 Å². The molecular formula is C14H23NO. The second kappa shape index (κ2) is 7.42. The minimum atomic E-state index is 0.568. The fourth-order valence-corrected chi connectivity index (χ4v) is 1.87. The van der Waals surface area contributed by atoms with E-state index in [1.165, 1.54) is 11.1 Å². The first kappa shape index (κ1) is 13.2. The molecule has 0 bridgehead atoms. The summed E-state index contributed by atoms with van der Waals surface area (Å²) in [7, 11) is 1.75. The van der Waals surface area contributed by atoms with Crippen LogP contribution < -0.4 is 5.32 Å². The lowest BCUT2D eigenvalue weighted by Crippen LogP contribution is -2.23. The highest BCUT2D eigenvalue weighted by atomic mass is 16.5. The van der Waals surface area contributed by atoms with Gasteiger partial charge in [0.25, 0.3) is 0 Å². The molecule has 90 valence electrons. The van der Waals surface area contributed by atoms with Crippen LogP contribution in [0.5, 0.6) is 0 Å². The molecule has 0 amide bonds. The number of nitrogens with one attached hydrogen (secondary N) is 1. The molecule has 0 radical (unpaired) electrons. The van der Waals surface area contributed by atoms with Crippen LogP contribution in [0.2, 0.25) is 0 Å². The number of rotatable bonds is 7. The topological polar surface area (TPSA) is 21.3 Å². The Morgan fingerprint density at radius 1 is 1.25 bits per heavy atom. The van der Waals surface area contributed by atoms with Crippen molar-refractivity contribution in [3.63, 3.8) is 0 Å². The third-order valence-electron chi connectivity index (χ3n) is 2.76. The molecule has 0 aliphatic heterocycles. The van der Waals surface area contributed by atoms with Crippen molar-refractivity contribution in [1.29, 1.82) is 0 Å². The molecule has 0 aliphatic carbocycles. The van der Waals surface area contributed by atoms with E-state index in [1.54, 1.807) is 7.11 Å². The monoisotopic (exact) mass is 221 g/mol. The standard InChI is InChI=1S/C14H23NO/c1-4-13-7-5-6-8-14(13)10-15-9-12(2)11-16-3/h5-8,12,15H,4,9-11H2,1-3H3. The maximum Gasteiger partial charge on any atom is 0.0499 e. The largest absolute Gasteiger partial charge is 0.384 e. The molecule has 16 heavy (non-hydrogen) atoms. The highest BCUT2D eigenvalue weighted by Crippen LogP contribution is 2.09. The average Bonchev–Trinajstić information content (AvgIpc) is 2.30. The van der Waals surface area contributed by atoms with Crippen LogP contribution >= 0.6 is 0 Å². The van der Waals surface area contributed by atoms with Gasteiger partial charge >= 0.3 is 0 Å². The molecule has 1 rings (SSSR count). The summed E-state index contributed by atoms with van der Waals surface area (Å²) in [6.07, 6.45) is 1.10. The zero-order valence-corrected chi connectivity index (χ0v) is 10.6. The van der Waals surface area contributed by atoms with Crippen molar-refractivity contribution < 1.29 is 4.74 Å². The van der Waals surface area contributed by atoms with E-state index >= 15 is 0 Å². The second-order valence-corrected chi connectivity index (χ2v) is 4.31. The number of hydrogen-bond acceptors (Lipinski definition) is 2. The maximum atomic E-state index is 5.11. The number of methoxy groups -OCH3 is 1. The molecule has 2 heteroatoms. The normalized spacial score (nSPS) is 12.7. The molecule has 1 atom stereocenters. The van der Waals surface area contributed by atoms with Crippen LogP contribution in [0.1, 0.15) is 25.0 Å². The Kier molecular flexibility index (Phi) is 6.12. The Morgan fingerprint density at radius 2 is 1.94 bits per heavy atom. The molecule has 1 aromatic carbocycles. The van der Waals surface area contributed by atoms with Crippen molar-refractivity contribution in [3.8, 4) is 0 Å². The Hall–Kier alpha value is -0.860. The van der Waals surface area contributed by atoms with Gasteiger partial charge in [-0.15, -0.1) is 0 Å². The van der Waals surface area contributed by atoms with Crippen LogP contribution in [-0.2, 0) is 17.7 Å². The van der Waals surface area contributed by atoms with Crippen LogP contribution in [0.15, 0.2) is 24.3 Å². The van der Waals surface area contributed by atoms with Gasteiger partial charge in [0.05, 0.1) is 0 Å². The summed E-state index contributed by atoms with van der Waals surface area (Å²) in [5.41, 5.74) is 2.85. The zero-order valence-electron chi connectivity index (χ0n) is 10.6. The van der Waals surface area contributed by atoms with E-state index in [4.69, 9.17) is 4.74 Å². The minimum absolute atomic E-state index is 0.568. The lowest BCUT2D eigenvalue weighted by molar-refractivity contribution is 0.158. The number of benzene rings is 1. The van der Waals surface area contributed by atoms with E-state index in [0.717, 1.165) is 26.1 Å². The van der Waals surface area contributed by atoms with E-state index in [2.05, 4.69) is 43.4 Å². The Labute approximate surface area is 99.0 Å². The third kappa shape index (κ3) is 4.33. The number of aryl methyl sites for hydroxylation is 1. The fraction of sp³-hybridized carbons (Fsp3) is 0.571. The average molecular weight is 221 g/mol. The smallest absolute Gasteiger partial charge is 0.0499 e. The van der Waals surface area contributed by atoms with Crippen LogP contribution in [-0.4, -0.2) is 20.3 Å². The first-order valence-corrected chi connectivity index (χ1v) is 6.04. The molecule has 0 spiro atoms. The minimum Gasteiger partial charge on any atom is -0.384 e. The van der Waals surface area contributed by atoms with Crippen molar-refractivity contribution in [3.05, 3.63) is 35.4 Å². The van der Waals surface area contributed by atoms with Crippen molar-refractivity contribution in [2.75, 3.05) is 20.3 Å². The molecule has 0 saturated carbocycles. The zero-order chi connectivity index (χ0) is 11.8. The van der Waals surface area contributed by atoms with E-state index in [0.29, 0.717) is 5.92 Å². The van der Waals surface area contributed by atoms with Gasteiger partial charge in [-0.2, -0.15) is 0 Å². The van der Waals surface area contributed by atoms with Gasteiger partial charge in [0.15, 0.2) is 0 Å². The molecule has 0 heterocycles. The van der Waals surface area contributed by atoms with Gasteiger partial charge in [-0.3, -0.25) is 0 Å². The molecule has 2 nitrogen and oxygen atoms in total. The highest BCUT2D eigenvalue weighted by molar-refractivity contribution is 5.26. The molecule has 0 saturated heterocycles. The lowest BCUT2D eigenvalue weighted by atomic mass is 10.1. The lowest BCUT2D eigenvalue weighted by Gasteiger charge is -2.13. The van der Waals surface area contributed by atoms with Gasteiger partial charge in [-0.25, -0.2) is 0 Å². The van der Waals surface area contributed by atoms with Crippen LogP contribution in [0.3, 0.4) is 0 Å². The second-order valence-electron chi connectivity index (χ2n) is 4.31. The first-order chi connectivity index (χ1) is 7.77. The summed E-state index contributed by atoms with van der Waals surface area (Å²) in [5.74, 6) is 0.568. The predicted octanol–water partition coefficient (Wildman–Crippen LogP) is 2.62. The maximum absolute atomic E-state index is 5.11. The summed E-state index contributed by atoms with van der Waals surface area (Å²) in [4.78, 5) is 0. The molecule has 0 aliphatic rings. The molecule has 0 aromatic heterocycles. The van der Waals surface area contributed by atoms with Gasteiger partial charge in [-0.1, -0.05) is 38.1 Å². The quantitative estimate of drug-likeness (QED) is 0.764. The molecular weight excluding hydrogens is 198 g/mol. The highest BCUT2D eigenvalue weighted by Gasteiger charge is 2.02. The van der Waals surface area contributed by atoms with Crippen molar-refractivity contribution in [1.82, 2.24) is 5.32 Å². The molecule has 1 unspecified atom stereocenters. The van der Waals surface area contributed by atoms with Crippen molar-refractivity contribution in [2.24, 2.45) is 5.92 Å². The van der Waals surface area contributed by atoms with Crippen molar-refractivity contribution in [2.45, 2.75) is 26.8 Å². The third-order valence-corrected chi connectivity index (χ3v) is 2.76. The SMILES string of the molecule is CCc1ccccc1CNCC(C)COC. The summed E-state index contributed by atoms with van der Waals surface area (Å²) in [6, 6.07) is 8.62.